The topological polar surface area (TPSA) is 37.8 Å². The zero-order valence-corrected chi connectivity index (χ0v) is 12.3. The van der Waals surface area contributed by atoms with Gasteiger partial charge < -0.3 is 5.32 Å². The quantitative estimate of drug-likeness (QED) is 0.845. The van der Waals surface area contributed by atoms with E-state index in [4.69, 9.17) is 11.6 Å². The zero-order chi connectivity index (χ0) is 13.9. The molecular formula is C16H18ClN3. The number of aryl methyl sites for hydroxylation is 1. The van der Waals surface area contributed by atoms with E-state index >= 15 is 0 Å². The van der Waals surface area contributed by atoms with Crippen LogP contribution in [0.15, 0.2) is 30.3 Å². The maximum atomic E-state index is 6.07. The number of hydrogen-bond donors (Lipinski definition) is 1. The lowest BCUT2D eigenvalue weighted by Crippen LogP contribution is -2.05. The van der Waals surface area contributed by atoms with Gasteiger partial charge in [-0.3, -0.25) is 0 Å². The van der Waals surface area contributed by atoms with Crippen molar-refractivity contribution in [1.29, 1.82) is 0 Å². The minimum Gasteiger partial charge on any atom is -0.366 e. The number of aromatic nitrogens is 2. The second kappa shape index (κ2) is 5.80. The van der Waals surface area contributed by atoms with Gasteiger partial charge in [0.05, 0.1) is 0 Å². The Bertz CT molecular complexity index is 591. The molecule has 0 aliphatic heterocycles. The minimum absolute atomic E-state index is 0.516. The van der Waals surface area contributed by atoms with Crippen LogP contribution in [0.4, 0.5) is 5.82 Å². The summed E-state index contributed by atoms with van der Waals surface area (Å²) in [5.74, 6) is 2.42. The molecule has 1 saturated carbocycles. The summed E-state index contributed by atoms with van der Waals surface area (Å²) in [7, 11) is 0. The highest BCUT2D eigenvalue weighted by atomic mass is 35.5. The molecule has 0 radical (unpaired) electrons. The summed E-state index contributed by atoms with van der Waals surface area (Å²) in [6.07, 6.45) is 3.53. The number of anilines is 1. The summed E-state index contributed by atoms with van der Waals surface area (Å²) in [4.78, 5) is 8.83. The Hall–Kier alpha value is -1.61. The standard InChI is InChI=1S/C16H18ClN3/c1-11-2-4-13(5-3-11)10-18-15-9-14(17)19-16(20-15)8-12-6-7-12/h2-5,9,12H,6-8,10H2,1H3,(H,18,19,20). The summed E-state index contributed by atoms with van der Waals surface area (Å²) < 4.78 is 0. The summed E-state index contributed by atoms with van der Waals surface area (Å²) in [6, 6.07) is 10.3. The first-order valence-electron chi connectivity index (χ1n) is 7.02. The molecule has 1 heterocycles. The van der Waals surface area contributed by atoms with Gasteiger partial charge in [-0.25, -0.2) is 9.97 Å². The van der Waals surface area contributed by atoms with Gasteiger partial charge >= 0.3 is 0 Å². The Labute approximate surface area is 124 Å². The van der Waals surface area contributed by atoms with Gasteiger partial charge in [0.1, 0.15) is 16.8 Å². The summed E-state index contributed by atoms with van der Waals surface area (Å²) in [5, 5.41) is 3.84. The van der Waals surface area contributed by atoms with Crippen molar-refractivity contribution in [3.8, 4) is 0 Å². The Morgan fingerprint density at radius 1 is 1.20 bits per heavy atom. The van der Waals surface area contributed by atoms with Crippen LogP contribution in [0.2, 0.25) is 5.15 Å². The second-order valence-corrected chi connectivity index (χ2v) is 5.87. The number of nitrogens with one attached hydrogen (secondary N) is 1. The van der Waals surface area contributed by atoms with Crippen LogP contribution < -0.4 is 5.32 Å². The van der Waals surface area contributed by atoms with E-state index in [-0.39, 0.29) is 0 Å². The Kier molecular flexibility index (Phi) is 3.88. The Morgan fingerprint density at radius 3 is 2.65 bits per heavy atom. The molecule has 0 saturated heterocycles. The molecule has 0 spiro atoms. The highest BCUT2D eigenvalue weighted by Gasteiger charge is 2.23. The van der Waals surface area contributed by atoms with Crippen LogP contribution in [0.3, 0.4) is 0 Å². The molecule has 1 aromatic heterocycles. The highest BCUT2D eigenvalue weighted by Crippen LogP contribution is 2.32. The molecule has 2 aromatic rings. The second-order valence-electron chi connectivity index (χ2n) is 5.48. The van der Waals surface area contributed by atoms with Crippen molar-refractivity contribution in [3.63, 3.8) is 0 Å². The van der Waals surface area contributed by atoms with Crippen molar-refractivity contribution in [2.45, 2.75) is 32.7 Å². The van der Waals surface area contributed by atoms with E-state index in [0.29, 0.717) is 5.15 Å². The molecule has 104 valence electrons. The lowest BCUT2D eigenvalue weighted by Gasteiger charge is -2.08. The molecule has 1 fully saturated rings. The normalized spacial score (nSPS) is 14.3. The lowest BCUT2D eigenvalue weighted by molar-refractivity contribution is 0.770. The number of benzene rings is 1. The Balaban J connectivity index is 1.66. The summed E-state index contributed by atoms with van der Waals surface area (Å²) >= 11 is 6.07. The van der Waals surface area contributed by atoms with E-state index in [9.17, 15) is 0 Å². The van der Waals surface area contributed by atoms with E-state index in [1.54, 1.807) is 6.07 Å². The molecule has 0 amide bonds. The SMILES string of the molecule is Cc1ccc(CNc2cc(Cl)nc(CC3CC3)n2)cc1. The van der Waals surface area contributed by atoms with Gasteiger partial charge in [0.25, 0.3) is 0 Å². The van der Waals surface area contributed by atoms with Crippen molar-refractivity contribution in [3.05, 3.63) is 52.4 Å². The fourth-order valence-corrected chi connectivity index (χ4v) is 2.33. The number of nitrogens with zero attached hydrogens (tertiary/aromatic N) is 2. The van der Waals surface area contributed by atoms with E-state index < -0.39 is 0 Å². The zero-order valence-electron chi connectivity index (χ0n) is 11.6. The van der Waals surface area contributed by atoms with Crippen LogP contribution >= 0.6 is 11.6 Å². The molecule has 1 aromatic carbocycles. The third-order valence-corrected chi connectivity index (χ3v) is 3.70. The molecule has 1 N–H and O–H groups in total. The maximum Gasteiger partial charge on any atom is 0.134 e. The molecule has 4 heteroatoms. The van der Waals surface area contributed by atoms with Crippen molar-refractivity contribution >= 4 is 17.4 Å². The third kappa shape index (κ3) is 3.70. The molecule has 0 bridgehead atoms. The van der Waals surface area contributed by atoms with Crippen molar-refractivity contribution < 1.29 is 0 Å². The monoisotopic (exact) mass is 287 g/mol. The molecular weight excluding hydrogens is 270 g/mol. The van der Waals surface area contributed by atoms with Gasteiger partial charge in [0.2, 0.25) is 0 Å². The maximum absolute atomic E-state index is 6.07. The predicted octanol–water partition coefficient (Wildman–Crippen LogP) is 4.00. The minimum atomic E-state index is 0.516. The molecule has 1 aliphatic carbocycles. The molecule has 3 rings (SSSR count). The van der Waals surface area contributed by atoms with Gasteiger partial charge in [-0.15, -0.1) is 0 Å². The van der Waals surface area contributed by atoms with Crippen molar-refractivity contribution in [2.75, 3.05) is 5.32 Å². The van der Waals surface area contributed by atoms with Crippen molar-refractivity contribution in [1.82, 2.24) is 9.97 Å². The van der Waals surface area contributed by atoms with Gasteiger partial charge in [-0.1, -0.05) is 41.4 Å². The molecule has 1 aliphatic rings. The number of hydrogen-bond acceptors (Lipinski definition) is 3. The molecule has 20 heavy (non-hydrogen) atoms. The van der Waals surface area contributed by atoms with Crippen LogP contribution in [0, 0.1) is 12.8 Å². The first-order chi connectivity index (χ1) is 9.69. The van der Waals surface area contributed by atoms with Crippen LogP contribution in [0.5, 0.6) is 0 Å². The highest BCUT2D eigenvalue weighted by molar-refractivity contribution is 6.29. The van der Waals surface area contributed by atoms with Gasteiger partial charge in [0.15, 0.2) is 0 Å². The van der Waals surface area contributed by atoms with Gasteiger partial charge in [0, 0.05) is 19.0 Å². The largest absolute Gasteiger partial charge is 0.366 e. The van der Waals surface area contributed by atoms with E-state index in [2.05, 4.69) is 46.5 Å². The van der Waals surface area contributed by atoms with E-state index in [0.717, 1.165) is 30.5 Å². The van der Waals surface area contributed by atoms with Gasteiger partial charge in [-0.05, 0) is 31.2 Å². The first kappa shape index (κ1) is 13.4. The van der Waals surface area contributed by atoms with Gasteiger partial charge in [-0.2, -0.15) is 0 Å². The summed E-state index contributed by atoms with van der Waals surface area (Å²) in [6.45, 7) is 2.84. The van der Waals surface area contributed by atoms with Crippen LogP contribution in [0.1, 0.15) is 29.8 Å². The third-order valence-electron chi connectivity index (χ3n) is 3.50. The Morgan fingerprint density at radius 2 is 1.95 bits per heavy atom. The molecule has 3 nitrogen and oxygen atoms in total. The van der Waals surface area contributed by atoms with Crippen LogP contribution in [-0.4, -0.2) is 9.97 Å². The van der Waals surface area contributed by atoms with Crippen LogP contribution in [-0.2, 0) is 13.0 Å². The molecule has 0 unspecified atom stereocenters. The van der Waals surface area contributed by atoms with E-state index in [1.807, 2.05) is 0 Å². The first-order valence-corrected chi connectivity index (χ1v) is 7.40. The van der Waals surface area contributed by atoms with E-state index in [1.165, 1.54) is 24.0 Å². The van der Waals surface area contributed by atoms with Crippen molar-refractivity contribution in [2.24, 2.45) is 5.92 Å². The average molecular weight is 288 g/mol. The smallest absolute Gasteiger partial charge is 0.134 e. The molecule has 0 atom stereocenters. The fourth-order valence-electron chi connectivity index (χ4n) is 2.13. The number of halogens is 1. The number of rotatable bonds is 5. The lowest BCUT2D eigenvalue weighted by atomic mass is 10.1. The summed E-state index contributed by atoms with van der Waals surface area (Å²) in [5.41, 5.74) is 2.50. The average Bonchev–Trinajstić information content (AvgIpc) is 3.21. The predicted molar refractivity (Wildman–Crippen MR) is 82.0 cm³/mol. The fraction of sp³-hybridized carbons (Fsp3) is 0.375. The van der Waals surface area contributed by atoms with Crippen LogP contribution in [0.25, 0.3) is 0 Å².